The van der Waals surface area contributed by atoms with Gasteiger partial charge in [0.05, 0.1) is 0 Å². The number of hydrogen-bond acceptors (Lipinski definition) is 2. The smallest absolute Gasteiger partial charge is 0.273 e. The van der Waals surface area contributed by atoms with Crippen LogP contribution in [0.5, 0.6) is 0 Å². The fourth-order valence-electron chi connectivity index (χ4n) is 3.79. The SMILES string of the molecule is Cc1ccc2[nH]c(C(=O)Nc3cc(C4CCCCC4)[nH]n3)cc2c1C. The van der Waals surface area contributed by atoms with Crippen molar-refractivity contribution in [3.63, 3.8) is 0 Å². The lowest BCUT2D eigenvalue weighted by molar-refractivity contribution is 0.102. The number of benzene rings is 1. The molecule has 3 aromatic rings. The molecule has 5 nitrogen and oxygen atoms in total. The molecule has 1 saturated carbocycles. The zero-order chi connectivity index (χ0) is 17.4. The number of nitrogens with one attached hydrogen (secondary N) is 3. The normalized spacial score (nSPS) is 15.6. The number of aromatic nitrogens is 3. The van der Waals surface area contributed by atoms with Gasteiger partial charge in [0.15, 0.2) is 5.82 Å². The fourth-order valence-corrected chi connectivity index (χ4v) is 3.79. The van der Waals surface area contributed by atoms with Crippen LogP contribution in [0.15, 0.2) is 24.3 Å². The van der Waals surface area contributed by atoms with Gasteiger partial charge in [0.2, 0.25) is 0 Å². The highest BCUT2D eigenvalue weighted by Crippen LogP contribution is 2.32. The van der Waals surface area contributed by atoms with Crippen molar-refractivity contribution in [2.45, 2.75) is 51.9 Å². The minimum Gasteiger partial charge on any atom is -0.351 e. The molecule has 0 bridgehead atoms. The van der Waals surface area contributed by atoms with E-state index in [4.69, 9.17) is 0 Å². The van der Waals surface area contributed by atoms with Gasteiger partial charge in [-0.25, -0.2) is 0 Å². The Hall–Kier alpha value is -2.56. The van der Waals surface area contributed by atoms with E-state index in [0.717, 1.165) is 16.6 Å². The van der Waals surface area contributed by atoms with Crippen LogP contribution in [-0.2, 0) is 0 Å². The molecule has 4 rings (SSSR count). The third-order valence-corrected chi connectivity index (χ3v) is 5.47. The first kappa shape index (κ1) is 15.9. The number of aryl methyl sites for hydroxylation is 2. The third-order valence-electron chi connectivity index (χ3n) is 5.47. The van der Waals surface area contributed by atoms with Crippen LogP contribution in [-0.4, -0.2) is 21.1 Å². The molecule has 0 atom stereocenters. The van der Waals surface area contributed by atoms with E-state index in [1.165, 1.54) is 43.2 Å². The molecule has 0 spiro atoms. The van der Waals surface area contributed by atoms with Crippen molar-refractivity contribution in [1.29, 1.82) is 0 Å². The molecular weight excluding hydrogens is 312 g/mol. The topological polar surface area (TPSA) is 73.6 Å². The molecule has 3 N–H and O–H groups in total. The Morgan fingerprint density at radius 3 is 2.76 bits per heavy atom. The number of fused-ring (bicyclic) bond motifs is 1. The number of H-pyrrole nitrogens is 2. The fraction of sp³-hybridized carbons (Fsp3) is 0.400. The van der Waals surface area contributed by atoms with Gasteiger partial charge in [-0.2, -0.15) is 5.10 Å². The number of amides is 1. The summed E-state index contributed by atoms with van der Waals surface area (Å²) in [5, 5.41) is 11.4. The highest BCUT2D eigenvalue weighted by atomic mass is 16.1. The molecule has 130 valence electrons. The number of hydrogen-bond donors (Lipinski definition) is 3. The lowest BCUT2D eigenvalue weighted by Gasteiger charge is -2.19. The third kappa shape index (κ3) is 3.06. The van der Waals surface area contributed by atoms with E-state index in [1.54, 1.807) is 0 Å². The van der Waals surface area contributed by atoms with E-state index >= 15 is 0 Å². The van der Waals surface area contributed by atoms with Crippen molar-refractivity contribution in [2.75, 3.05) is 5.32 Å². The highest BCUT2D eigenvalue weighted by Gasteiger charge is 2.19. The summed E-state index contributed by atoms with van der Waals surface area (Å²) in [5.74, 6) is 0.984. The molecule has 1 fully saturated rings. The second-order valence-corrected chi connectivity index (χ2v) is 7.15. The molecular formula is C20H24N4O. The maximum absolute atomic E-state index is 12.6. The van der Waals surface area contributed by atoms with Crippen LogP contribution in [0.25, 0.3) is 10.9 Å². The number of carbonyl (C=O) groups excluding carboxylic acids is 1. The quantitative estimate of drug-likeness (QED) is 0.642. The van der Waals surface area contributed by atoms with Crippen molar-refractivity contribution in [2.24, 2.45) is 0 Å². The molecule has 1 aliphatic rings. The van der Waals surface area contributed by atoms with Gasteiger partial charge in [0.1, 0.15) is 5.69 Å². The van der Waals surface area contributed by atoms with Gasteiger partial charge in [0, 0.05) is 28.6 Å². The summed E-state index contributed by atoms with van der Waals surface area (Å²) in [4.78, 5) is 15.8. The molecule has 0 aliphatic heterocycles. The van der Waals surface area contributed by atoms with Crippen LogP contribution in [0.3, 0.4) is 0 Å². The molecule has 1 aromatic carbocycles. The monoisotopic (exact) mass is 336 g/mol. The van der Waals surface area contributed by atoms with Gasteiger partial charge in [-0.1, -0.05) is 25.3 Å². The summed E-state index contributed by atoms with van der Waals surface area (Å²) in [7, 11) is 0. The van der Waals surface area contributed by atoms with Crippen LogP contribution in [0, 0.1) is 13.8 Å². The second kappa shape index (κ2) is 6.39. The average molecular weight is 336 g/mol. The van der Waals surface area contributed by atoms with Gasteiger partial charge in [0.25, 0.3) is 5.91 Å². The van der Waals surface area contributed by atoms with Crippen LogP contribution >= 0.6 is 0 Å². The molecule has 2 heterocycles. The van der Waals surface area contributed by atoms with E-state index in [0.29, 0.717) is 17.4 Å². The highest BCUT2D eigenvalue weighted by molar-refractivity contribution is 6.06. The number of carbonyl (C=O) groups is 1. The molecule has 0 saturated heterocycles. The average Bonchev–Trinajstić information content (AvgIpc) is 3.26. The maximum Gasteiger partial charge on any atom is 0.273 e. The maximum atomic E-state index is 12.6. The number of rotatable bonds is 3. The number of nitrogens with zero attached hydrogens (tertiary/aromatic N) is 1. The first-order chi connectivity index (χ1) is 12.1. The van der Waals surface area contributed by atoms with E-state index in [-0.39, 0.29) is 5.91 Å². The molecule has 1 aliphatic carbocycles. The van der Waals surface area contributed by atoms with Crippen molar-refractivity contribution in [3.05, 3.63) is 46.8 Å². The molecule has 1 amide bonds. The summed E-state index contributed by atoms with van der Waals surface area (Å²) in [6.45, 7) is 4.16. The van der Waals surface area contributed by atoms with Gasteiger partial charge in [-0.05, 0) is 49.9 Å². The Labute approximate surface area is 147 Å². The summed E-state index contributed by atoms with van der Waals surface area (Å²) in [6.07, 6.45) is 6.29. The van der Waals surface area contributed by atoms with E-state index in [1.807, 2.05) is 18.2 Å². The van der Waals surface area contributed by atoms with Gasteiger partial charge >= 0.3 is 0 Å². The first-order valence-corrected chi connectivity index (χ1v) is 9.07. The Morgan fingerprint density at radius 2 is 1.96 bits per heavy atom. The van der Waals surface area contributed by atoms with Gasteiger partial charge < -0.3 is 10.3 Å². The summed E-state index contributed by atoms with van der Waals surface area (Å²) in [5.41, 5.74) is 5.11. The summed E-state index contributed by atoms with van der Waals surface area (Å²) >= 11 is 0. The predicted molar refractivity (Wildman–Crippen MR) is 100 cm³/mol. The van der Waals surface area contributed by atoms with Crippen LogP contribution < -0.4 is 5.32 Å². The van der Waals surface area contributed by atoms with Crippen molar-refractivity contribution >= 4 is 22.6 Å². The number of aromatic amines is 2. The van der Waals surface area contributed by atoms with E-state index < -0.39 is 0 Å². The largest absolute Gasteiger partial charge is 0.351 e. The lowest BCUT2D eigenvalue weighted by atomic mass is 9.87. The Morgan fingerprint density at radius 1 is 1.16 bits per heavy atom. The van der Waals surface area contributed by atoms with E-state index in [9.17, 15) is 4.79 Å². The molecule has 2 aromatic heterocycles. The van der Waals surface area contributed by atoms with Gasteiger partial charge in [-0.3, -0.25) is 9.89 Å². The first-order valence-electron chi connectivity index (χ1n) is 9.07. The molecule has 5 heteroatoms. The van der Waals surface area contributed by atoms with E-state index in [2.05, 4.69) is 40.4 Å². The van der Waals surface area contributed by atoms with Crippen LogP contribution in [0.1, 0.15) is 65.3 Å². The van der Waals surface area contributed by atoms with Crippen LogP contribution in [0.4, 0.5) is 5.82 Å². The molecule has 0 radical (unpaired) electrons. The summed E-state index contributed by atoms with van der Waals surface area (Å²) < 4.78 is 0. The summed E-state index contributed by atoms with van der Waals surface area (Å²) in [6, 6.07) is 7.98. The predicted octanol–water partition coefficient (Wildman–Crippen LogP) is 4.81. The van der Waals surface area contributed by atoms with Gasteiger partial charge in [-0.15, -0.1) is 0 Å². The van der Waals surface area contributed by atoms with Crippen LogP contribution in [0.2, 0.25) is 0 Å². The van der Waals surface area contributed by atoms with Crippen molar-refractivity contribution < 1.29 is 4.79 Å². The minimum atomic E-state index is -0.157. The molecule has 0 unspecified atom stereocenters. The second-order valence-electron chi connectivity index (χ2n) is 7.15. The van der Waals surface area contributed by atoms with Crippen molar-refractivity contribution in [3.8, 4) is 0 Å². The Bertz CT molecular complexity index is 915. The lowest BCUT2D eigenvalue weighted by Crippen LogP contribution is -2.12. The zero-order valence-electron chi connectivity index (χ0n) is 14.8. The Kier molecular flexibility index (Phi) is 4.07. The van der Waals surface area contributed by atoms with Crippen molar-refractivity contribution in [1.82, 2.24) is 15.2 Å². The molecule has 25 heavy (non-hydrogen) atoms. The minimum absolute atomic E-state index is 0.157. The number of anilines is 1. The Balaban J connectivity index is 1.52. The zero-order valence-corrected chi connectivity index (χ0v) is 14.8. The standard InChI is InChI=1S/C20H24N4O/c1-12-8-9-16-15(13(12)2)10-18(21-16)20(25)22-19-11-17(23-24-19)14-6-4-3-5-7-14/h8-11,14,21H,3-7H2,1-2H3,(H2,22,23,24,25).